The molecular weight excluding hydrogens is 533 g/mol. The first-order valence-electron chi connectivity index (χ1n) is 9.06. The number of nitrogens with one attached hydrogen (secondary N) is 1. The van der Waals surface area contributed by atoms with E-state index < -0.39 is 17.8 Å². The maximum atomic E-state index is 13.7. The maximum Gasteiger partial charge on any atom is 0.433 e. The Bertz CT molecular complexity index is 1090. The largest absolute Gasteiger partial charge is 0.433 e. The van der Waals surface area contributed by atoms with E-state index in [1.807, 2.05) is 0 Å². The van der Waals surface area contributed by atoms with Crippen LogP contribution >= 0.6 is 31.9 Å². The molecule has 0 bridgehead atoms. The summed E-state index contributed by atoms with van der Waals surface area (Å²) in [5, 5.41) is 6.57. The number of halogens is 5. The molecule has 0 spiro atoms. The van der Waals surface area contributed by atoms with Crippen molar-refractivity contribution in [3.05, 3.63) is 50.7 Å². The van der Waals surface area contributed by atoms with Crippen molar-refractivity contribution in [2.75, 3.05) is 13.2 Å². The van der Waals surface area contributed by atoms with Crippen LogP contribution in [-0.2, 0) is 10.9 Å². The number of hydrogen-bond acceptors (Lipinski definition) is 4. The minimum absolute atomic E-state index is 0.0926. The molecule has 3 aromatic rings. The van der Waals surface area contributed by atoms with Gasteiger partial charge in [-0.3, -0.25) is 4.79 Å². The molecule has 0 saturated carbocycles. The minimum atomic E-state index is -4.69. The number of ether oxygens (including phenoxy) is 1. The summed E-state index contributed by atoms with van der Waals surface area (Å²) in [6.45, 7) is 0.902. The van der Waals surface area contributed by atoms with Crippen LogP contribution in [0.5, 0.6) is 0 Å². The van der Waals surface area contributed by atoms with Crippen LogP contribution in [0.3, 0.4) is 0 Å². The highest BCUT2D eigenvalue weighted by Crippen LogP contribution is 2.34. The Kier molecular flexibility index (Phi) is 5.86. The number of fused-ring (bicyclic) bond motifs is 1. The minimum Gasteiger partial charge on any atom is -0.376 e. The molecule has 30 heavy (non-hydrogen) atoms. The molecule has 6 nitrogen and oxygen atoms in total. The van der Waals surface area contributed by atoms with Crippen molar-refractivity contribution in [2.45, 2.75) is 25.1 Å². The highest BCUT2D eigenvalue weighted by molar-refractivity contribution is 9.11. The fraction of sp³-hybridized carbons (Fsp3) is 0.316. The van der Waals surface area contributed by atoms with Gasteiger partial charge in [0.2, 0.25) is 0 Å². The topological polar surface area (TPSA) is 68.5 Å². The molecule has 1 fully saturated rings. The van der Waals surface area contributed by atoms with Crippen LogP contribution < -0.4 is 5.32 Å². The van der Waals surface area contributed by atoms with Gasteiger partial charge in [-0.1, -0.05) is 28.1 Å². The fourth-order valence-corrected chi connectivity index (χ4v) is 3.98. The average Bonchev–Trinajstić information content (AvgIpc) is 3.33. The zero-order valence-electron chi connectivity index (χ0n) is 15.3. The van der Waals surface area contributed by atoms with Crippen molar-refractivity contribution in [1.82, 2.24) is 19.9 Å². The third-order valence-corrected chi connectivity index (χ3v) is 5.95. The molecule has 0 aliphatic carbocycles. The normalized spacial score (nSPS) is 16.9. The van der Waals surface area contributed by atoms with Gasteiger partial charge in [-0.15, -0.1) is 0 Å². The Balaban J connectivity index is 1.76. The second kappa shape index (κ2) is 8.27. The SMILES string of the molecule is O=C(NCC1CCCO1)c1nn2c(C(F)(F)F)cc(-c3ccc(Br)cc3)nc2c1Br. The summed E-state index contributed by atoms with van der Waals surface area (Å²) < 4.78 is 48.2. The second-order valence-electron chi connectivity index (χ2n) is 6.77. The smallest absolute Gasteiger partial charge is 0.376 e. The van der Waals surface area contributed by atoms with Gasteiger partial charge in [-0.05, 0) is 47.0 Å². The maximum absolute atomic E-state index is 13.7. The molecular formula is C19H15Br2F3N4O2. The van der Waals surface area contributed by atoms with Crippen molar-refractivity contribution < 1.29 is 22.7 Å². The van der Waals surface area contributed by atoms with Crippen molar-refractivity contribution in [2.24, 2.45) is 0 Å². The van der Waals surface area contributed by atoms with Crippen LogP contribution in [-0.4, -0.2) is 39.8 Å². The van der Waals surface area contributed by atoms with Gasteiger partial charge in [0.15, 0.2) is 17.0 Å². The Morgan fingerprint density at radius 1 is 1.27 bits per heavy atom. The van der Waals surface area contributed by atoms with Crippen LogP contribution in [0.1, 0.15) is 29.0 Å². The molecule has 11 heteroatoms. The Hall–Kier alpha value is -1.98. The Morgan fingerprint density at radius 2 is 2.00 bits per heavy atom. The molecule has 1 aliphatic heterocycles. The third kappa shape index (κ3) is 4.23. The van der Waals surface area contributed by atoms with Crippen molar-refractivity contribution in [1.29, 1.82) is 0 Å². The first kappa shape index (κ1) is 21.3. The van der Waals surface area contributed by atoms with Crippen LogP contribution in [0.4, 0.5) is 13.2 Å². The number of amides is 1. The molecule has 0 radical (unpaired) electrons. The van der Waals surface area contributed by atoms with Crippen LogP contribution in [0.25, 0.3) is 16.9 Å². The predicted octanol–water partition coefficient (Wildman–Crippen LogP) is 4.85. The van der Waals surface area contributed by atoms with Crippen LogP contribution in [0, 0.1) is 0 Å². The van der Waals surface area contributed by atoms with Gasteiger partial charge < -0.3 is 10.1 Å². The zero-order valence-corrected chi connectivity index (χ0v) is 18.5. The Morgan fingerprint density at radius 3 is 2.63 bits per heavy atom. The lowest BCUT2D eigenvalue weighted by Crippen LogP contribution is -2.32. The standard InChI is InChI=1S/C19H15Br2F3N4O2/c20-11-5-3-10(4-6-11)13-8-14(19(22,23)24)28-17(26-13)15(21)16(27-28)18(29)25-9-12-2-1-7-30-12/h3-6,8,12H,1-2,7,9H2,(H,25,29). The summed E-state index contributed by atoms with van der Waals surface area (Å²) in [4.78, 5) is 16.9. The molecule has 1 atom stereocenters. The Labute approximate surface area is 186 Å². The second-order valence-corrected chi connectivity index (χ2v) is 8.48. The lowest BCUT2D eigenvalue weighted by molar-refractivity contribution is -0.142. The lowest BCUT2D eigenvalue weighted by atomic mass is 10.1. The van der Waals surface area contributed by atoms with Gasteiger partial charge in [0, 0.05) is 23.2 Å². The number of benzene rings is 1. The predicted molar refractivity (Wildman–Crippen MR) is 110 cm³/mol. The highest BCUT2D eigenvalue weighted by atomic mass is 79.9. The molecule has 3 heterocycles. The summed E-state index contributed by atoms with van der Waals surface area (Å²) in [5.74, 6) is -0.596. The molecule has 2 aromatic heterocycles. The molecule has 1 aliphatic rings. The summed E-state index contributed by atoms with van der Waals surface area (Å²) in [6, 6.07) is 7.66. The van der Waals surface area contributed by atoms with Gasteiger partial charge in [-0.2, -0.15) is 18.3 Å². The van der Waals surface area contributed by atoms with Crippen LogP contribution in [0.15, 0.2) is 39.3 Å². The third-order valence-electron chi connectivity index (χ3n) is 4.69. The quantitative estimate of drug-likeness (QED) is 0.507. The summed E-state index contributed by atoms with van der Waals surface area (Å²) >= 11 is 6.51. The first-order chi connectivity index (χ1) is 14.2. The first-order valence-corrected chi connectivity index (χ1v) is 10.6. The van der Waals surface area contributed by atoms with E-state index in [1.54, 1.807) is 24.3 Å². The average molecular weight is 548 g/mol. The molecule has 158 valence electrons. The van der Waals surface area contributed by atoms with E-state index in [0.717, 1.165) is 23.4 Å². The van der Waals surface area contributed by atoms with E-state index in [2.05, 4.69) is 47.3 Å². The number of aromatic nitrogens is 3. The molecule has 1 aromatic carbocycles. The molecule has 1 N–H and O–H groups in total. The van der Waals surface area contributed by atoms with E-state index in [9.17, 15) is 18.0 Å². The van der Waals surface area contributed by atoms with Crippen LogP contribution in [0.2, 0.25) is 0 Å². The number of rotatable bonds is 4. The van der Waals surface area contributed by atoms with Crippen molar-refractivity contribution in [3.63, 3.8) is 0 Å². The number of carbonyl (C=O) groups excluding carboxylic acids is 1. The zero-order chi connectivity index (χ0) is 21.5. The highest BCUT2D eigenvalue weighted by Gasteiger charge is 2.36. The summed E-state index contributed by atoms with van der Waals surface area (Å²) in [6.07, 6.45) is -3.06. The number of hydrogen-bond donors (Lipinski definition) is 1. The van der Waals surface area contributed by atoms with Crippen molar-refractivity contribution >= 4 is 43.4 Å². The summed E-state index contributed by atoms with van der Waals surface area (Å²) in [7, 11) is 0. The molecule has 4 rings (SSSR count). The molecule has 1 unspecified atom stereocenters. The van der Waals surface area contributed by atoms with Gasteiger partial charge in [0.05, 0.1) is 16.3 Å². The fourth-order valence-electron chi connectivity index (χ4n) is 3.20. The van der Waals surface area contributed by atoms with E-state index in [0.29, 0.717) is 16.7 Å². The number of alkyl halides is 3. The van der Waals surface area contributed by atoms with E-state index in [-0.39, 0.29) is 34.2 Å². The summed E-state index contributed by atoms with van der Waals surface area (Å²) in [5.41, 5.74) is -0.661. The molecule has 1 saturated heterocycles. The lowest BCUT2D eigenvalue weighted by Gasteiger charge is -2.11. The van der Waals surface area contributed by atoms with E-state index >= 15 is 0 Å². The van der Waals surface area contributed by atoms with Gasteiger partial charge >= 0.3 is 6.18 Å². The number of nitrogens with zero attached hydrogens (tertiary/aromatic N) is 3. The van der Waals surface area contributed by atoms with E-state index in [4.69, 9.17) is 4.74 Å². The van der Waals surface area contributed by atoms with Gasteiger partial charge in [0.1, 0.15) is 0 Å². The van der Waals surface area contributed by atoms with E-state index in [1.165, 1.54) is 0 Å². The van der Waals surface area contributed by atoms with Gasteiger partial charge in [-0.25, -0.2) is 9.50 Å². The van der Waals surface area contributed by atoms with Crippen molar-refractivity contribution in [3.8, 4) is 11.3 Å². The monoisotopic (exact) mass is 546 g/mol. The molecule has 1 amide bonds. The number of carbonyl (C=O) groups is 1. The van der Waals surface area contributed by atoms with Gasteiger partial charge in [0.25, 0.3) is 5.91 Å².